The van der Waals surface area contributed by atoms with E-state index in [0.717, 1.165) is 25.9 Å². The van der Waals surface area contributed by atoms with Gasteiger partial charge in [-0.3, -0.25) is 0 Å². The van der Waals surface area contributed by atoms with Crippen LogP contribution in [0.1, 0.15) is 19.8 Å². The minimum absolute atomic E-state index is 0.0300. The molecule has 1 aliphatic heterocycles. The van der Waals surface area contributed by atoms with Crippen LogP contribution in [0.15, 0.2) is 29.2 Å². The van der Waals surface area contributed by atoms with Gasteiger partial charge in [-0.15, -0.1) is 0 Å². The van der Waals surface area contributed by atoms with Crippen LogP contribution in [0.3, 0.4) is 0 Å². The van der Waals surface area contributed by atoms with Crippen molar-refractivity contribution in [3.63, 3.8) is 0 Å². The number of halogens is 1. The van der Waals surface area contributed by atoms with Crippen LogP contribution in [0.5, 0.6) is 0 Å². The van der Waals surface area contributed by atoms with Gasteiger partial charge in [-0.05, 0) is 50.7 Å². The largest absolute Gasteiger partial charge is 0.305 e. The Kier molecular flexibility index (Phi) is 4.78. The minimum Gasteiger partial charge on any atom is -0.305 e. The van der Waals surface area contributed by atoms with Gasteiger partial charge in [-0.2, -0.15) is 4.31 Å². The lowest BCUT2D eigenvalue weighted by Gasteiger charge is -2.29. The molecule has 1 atom stereocenters. The summed E-state index contributed by atoms with van der Waals surface area (Å²) in [6.07, 6.45) is 1.58. The lowest BCUT2D eigenvalue weighted by atomic mass is 10.2. The molecule has 1 heterocycles. The first-order valence-electron chi connectivity index (χ1n) is 6.91. The first-order chi connectivity index (χ1) is 9.45. The van der Waals surface area contributed by atoms with E-state index < -0.39 is 15.8 Å². The topological polar surface area (TPSA) is 40.6 Å². The number of benzene rings is 1. The summed E-state index contributed by atoms with van der Waals surface area (Å²) >= 11 is 0. The van der Waals surface area contributed by atoms with Crippen LogP contribution < -0.4 is 0 Å². The summed E-state index contributed by atoms with van der Waals surface area (Å²) in [5.74, 6) is -0.424. The second kappa shape index (κ2) is 6.20. The molecular formula is C14H21FN2O2S. The Morgan fingerprint density at radius 3 is 2.50 bits per heavy atom. The summed E-state index contributed by atoms with van der Waals surface area (Å²) in [5.41, 5.74) is 0. The van der Waals surface area contributed by atoms with Crippen molar-refractivity contribution in [2.45, 2.75) is 30.7 Å². The van der Waals surface area contributed by atoms with Crippen molar-refractivity contribution in [1.29, 1.82) is 0 Å². The van der Waals surface area contributed by atoms with Crippen LogP contribution in [-0.2, 0) is 10.0 Å². The van der Waals surface area contributed by atoms with Crippen LogP contribution in [0.25, 0.3) is 0 Å². The van der Waals surface area contributed by atoms with Crippen LogP contribution in [-0.4, -0.2) is 50.3 Å². The van der Waals surface area contributed by atoms with Gasteiger partial charge in [0, 0.05) is 19.1 Å². The molecule has 1 fully saturated rings. The lowest BCUT2D eigenvalue weighted by Crippen LogP contribution is -2.43. The molecule has 1 unspecified atom stereocenters. The zero-order valence-electron chi connectivity index (χ0n) is 11.9. The highest BCUT2D eigenvalue weighted by Crippen LogP contribution is 2.22. The molecule has 0 radical (unpaired) electrons. The van der Waals surface area contributed by atoms with E-state index in [4.69, 9.17) is 0 Å². The maximum Gasteiger partial charge on any atom is 0.243 e. The van der Waals surface area contributed by atoms with E-state index in [-0.39, 0.29) is 10.9 Å². The fraction of sp³-hybridized carbons (Fsp3) is 0.571. The average molecular weight is 300 g/mol. The Bertz CT molecular complexity index is 545. The molecule has 1 aromatic rings. The van der Waals surface area contributed by atoms with E-state index in [0.29, 0.717) is 6.54 Å². The molecule has 2 rings (SSSR count). The van der Waals surface area contributed by atoms with Crippen molar-refractivity contribution in [3.8, 4) is 0 Å². The Morgan fingerprint density at radius 1 is 1.25 bits per heavy atom. The van der Waals surface area contributed by atoms with E-state index >= 15 is 0 Å². The highest BCUT2D eigenvalue weighted by molar-refractivity contribution is 7.89. The first-order valence-corrected chi connectivity index (χ1v) is 8.35. The molecule has 0 N–H and O–H groups in total. The number of rotatable bonds is 3. The van der Waals surface area contributed by atoms with Gasteiger partial charge in [0.1, 0.15) is 5.82 Å². The molecule has 4 nitrogen and oxygen atoms in total. The summed E-state index contributed by atoms with van der Waals surface area (Å²) in [4.78, 5) is 2.33. The van der Waals surface area contributed by atoms with E-state index in [2.05, 4.69) is 4.90 Å². The Hall–Kier alpha value is -0.980. The quantitative estimate of drug-likeness (QED) is 0.856. The van der Waals surface area contributed by atoms with Crippen molar-refractivity contribution < 1.29 is 12.8 Å². The lowest BCUT2D eigenvalue weighted by molar-refractivity contribution is 0.270. The molecule has 112 valence electrons. The van der Waals surface area contributed by atoms with Crippen LogP contribution in [0.2, 0.25) is 0 Å². The third-order valence-electron chi connectivity index (χ3n) is 3.74. The van der Waals surface area contributed by atoms with E-state index in [9.17, 15) is 12.8 Å². The molecular weight excluding hydrogens is 279 g/mol. The van der Waals surface area contributed by atoms with Gasteiger partial charge >= 0.3 is 0 Å². The first kappa shape index (κ1) is 15.4. The maximum atomic E-state index is 13.0. The summed E-state index contributed by atoms with van der Waals surface area (Å²) in [6.45, 7) is 4.14. The number of hydrogen-bond acceptors (Lipinski definition) is 3. The van der Waals surface area contributed by atoms with Gasteiger partial charge in [0.2, 0.25) is 10.0 Å². The fourth-order valence-electron chi connectivity index (χ4n) is 2.61. The minimum atomic E-state index is -3.55. The van der Waals surface area contributed by atoms with Gasteiger partial charge < -0.3 is 4.90 Å². The van der Waals surface area contributed by atoms with Gasteiger partial charge in [0.05, 0.1) is 4.90 Å². The molecule has 0 aliphatic carbocycles. The Morgan fingerprint density at radius 2 is 1.90 bits per heavy atom. The van der Waals surface area contributed by atoms with Crippen molar-refractivity contribution in [2.75, 3.05) is 26.7 Å². The van der Waals surface area contributed by atoms with Crippen molar-refractivity contribution in [3.05, 3.63) is 30.1 Å². The zero-order valence-corrected chi connectivity index (χ0v) is 12.7. The van der Waals surface area contributed by atoms with Crippen LogP contribution >= 0.6 is 0 Å². The molecule has 6 heteroatoms. The number of sulfonamides is 1. The van der Waals surface area contributed by atoms with Gasteiger partial charge in [0.25, 0.3) is 0 Å². The Labute approximate surface area is 120 Å². The maximum absolute atomic E-state index is 13.0. The molecule has 0 saturated carbocycles. The standard InChI is InChI=1S/C14H21FN2O2S/c1-3-13-11-16(2)9-4-10-17(13)20(18,19)14-7-5-12(15)6-8-14/h5-8,13H,3-4,9-11H2,1-2H3. The number of nitrogens with zero attached hydrogens (tertiary/aromatic N) is 2. The zero-order chi connectivity index (χ0) is 14.8. The number of likely N-dealkylation sites (N-methyl/N-ethyl adjacent to an activating group) is 1. The van der Waals surface area contributed by atoms with Crippen molar-refractivity contribution in [2.24, 2.45) is 0 Å². The average Bonchev–Trinajstić information content (AvgIpc) is 2.61. The van der Waals surface area contributed by atoms with Gasteiger partial charge in [-0.25, -0.2) is 12.8 Å². The molecule has 0 aromatic heterocycles. The third kappa shape index (κ3) is 3.19. The highest BCUT2D eigenvalue weighted by atomic mass is 32.2. The second-order valence-electron chi connectivity index (χ2n) is 5.25. The second-order valence-corrected chi connectivity index (χ2v) is 7.14. The summed E-state index contributed by atoms with van der Waals surface area (Å²) in [6, 6.07) is 5.03. The van der Waals surface area contributed by atoms with E-state index in [1.54, 1.807) is 4.31 Å². The summed E-state index contributed by atoms with van der Waals surface area (Å²) < 4.78 is 40.0. The third-order valence-corrected chi connectivity index (χ3v) is 5.71. The monoisotopic (exact) mass is 300 g/mol. The molecule has 0 bridgehead atoms. The molecule has 0 amide bonds. The van der Waals surface area contributed by atoms with Gasteiger partial charge in [-0.1, -0.05) is 6.92 Å². The van der Waals surface area contributed by atoms with E-state index in [1.165, 1.54) is 24.3 Å². The van der Waals surface area contributed by atoms with Crippen molar-refractivity contribution in [1.82, 2.24) is 9.21 Å². The molecule has 1 aromatic carbocycles. The SMILES string of the molecule is CCC1CN(C)CCCN1S(=O)(=O)c1ccc(F)cc1. The van der Waals surface area contributed by atoms with Gasteiger partial charge in [0.15, 0.2) is 0 Å². The molecule has 0 spiro atoms. The summed E-state index contributed by atoms with van der Waals surface area (Å²) in [5, 5.41) is 0. The molecule has 20 heavy (non-hydrogen) atoms. The smallest absolute Gasteiger partial charge is 0.243 e. The highest BCUT2D eigenvalue weighted by Gasteiger charge is 2.32. The molecule has 1 aliphatic rings. The normalized spacial score (nSPS) is 22.6. The number of hydrogen-bond donors (Lipinski definition) is 0. The summed E-state index contributed by atoms with van der Waals surface area (Å²) in [7, 11) is -1.54. The predicted octanol–water partition coefficient (Wildman–Crippen LogP) is 1.93. The van der Waals surface area contributed by atoms with Crippen LogP contribution in [0, 0.1) is 5.82 Å². The van der Waals surface area contributed by atoms with Crippen molar-refractivity contribution >= 4 is 10.0 Å². The fourth-order valence-corrected chi connectivity index (χ4v) is 4.34. The van der Waals surface area contributed by atoms with Crippen LogP contribution in [0.4, 0.5) is 4.39 Å². The predicted molar refractivity (Wildman–Crippen MR) is 76.5 cm³/mol. The van der Waals surface area contributed by atoms with E-state index in [1.807, 2.05) is 14.0 Å². The molecule has 1 saturated heterocycles. The Balaban J connectivity index is 2.33.